The number of nitrogens with zero attached hydrogens (tertiary/aromatic N) is 3. The maximum absolute atomic E-state index is 6.04. The lowest BCUT2D eigenvalue weighted by Crippen LogP contribution is -2.22. The number of nitrogens with two attached hydrogens (primary N) is 1. The summed E-state index contributed by atoms with van der Waals surface area (Å²) < 4.78 is 1.95. The Hall–Kier alpha value is -3.08. The standard InChI is InChI=1S/C20H23N5/c1-14-7-6-9-18(11-14)23-20(21)22-13-17-8-4-5-10-19(17)25-16(3)12-15(2)24-25/h4-12H,13H2,1-3H3,(H3,21,22,23). The molecule has 0 aliphatic rings. The van der Waals surface area contributed by atoms with Gasteiger partial charge in [-0.05, 0) is 56.2 Å². The molecule has 2 aromatic carbocycles. The number of hydrogen-bond donors (Lipinski definition) is 2. The van der Waals surface area contributed by atoms with Gasteiger partial charge in [0.05, 0.1) is 17.9 Å². The molecule has 0 saturated heterocycles. The Morgan fingerprint density at radius 2 is 1.88 bits per heavy atom. The number of aryl methyl sites for hydroxylation is 3. The number of para-hydroxylation sites is 1. The minimum atomic E-state index is 0.397. The second-order valence-electron chi connectivity index (χ2n) is 6.16. The van der Waals surface area contributed by atoms with Gasteiger partial charge in [0.25, 0.3) is 0 Å². The molecule has 0 saturated carbocycles. The van der Waals surface area contributed by atoms with E-state index in [1.54, 1.807) is 0 Å². The molecule has 3 rings (SSSR count). The van der Waals surface area contributed by atoms with Crippen molar-refractivity contribution in [2.24, 2.45) is 10.7 Å². The van der Waals surface area contributed by atoms with E-state index >= 15 is 0 Å². The third-order valence-electron chi connectivity index (χ3n) is 3.94. The van der Waals surface area contributed by atoms with E-state index in [-0.39, 0.29) is 0 Å². The minimum absolute atomic E-state index is 0.397. The topological polar surface area (TPSA) is 68.2 Å². The molecule has 0 aliphatic heterocycles. The Bertz CT molecular complexity index is 908. The number of guanidine groups is 1. The molecule has 3 aromatic rings. The summed E-state index contributed by atoms with van der Waals surface area (Å²) in [5.41, 5.74) is 12.3. The highest BCUT2D eigenvalue weighted by Gasteiger charge is 2.08. The third-order valence-corrected chi connectivity index (χ3v) is 3.94. The van der Waals surface area contributed by atoms with Gasteiger partial charge in [-0.15, -0.1) is 0 Å². The molecule has 0 bridgehead atoms. The van der Waals surface area contributed by atoms with Crippen LogP contribution in [0.4, 0.5) is 5.69 Å². The van der Waals surface area contributed by atoms with Crippen LogP contribution in [-0.4, -0.2) is 15.7 Å². The number of aromatic nitrogens is 2. The monoisotopic (exact) mass is 333 g/mol. The smallest absolute Gasteiger partial charge is 0.193 e. The van der Waals surface area contributed by atoms with E-state index in [0.29, 0.717) is 12.5 Å². The SMILES string of the molecule is Cc1cccc(NC(N)=NCc2ccccc2-n2nc(C)cc2C)c1. The Morgan fingerprint density at radius 1 is 1.08 bits per heavy atom. The number of benzene rings is 2. The van der Waals surface area contributed by atoms with Crippen LogP contribution in [0.1, 0.15) is 22.5 Å². The fourth-order valence-electron chi connectivity index (χ4n) is 2.80. The fraction of sp³-hybridized carbons (Fsp3) is 0.200. The number of rotatable bonds is 4. The molecule has 1 heterocycles. The van der Waals surface area contributed by atoms with Crippen LogP contribution < -0.4 is 11.1 Å². The number of aliphatic imine (C=N–C) groups is 1. The van der Waals surface area contributed by atoms with Crippen molar-refractivity contribution >= 4 is 11.6 Å². The zero-order valence-electron chi connectivity index (χ0n) is 14.8. The zero-order valence-corrected chi connectivity index (χ0v) is 14.8. The fourth-order valence-corrected chi connectivity index (χ4v) is 2.80. The maximum Gasteiger partial charge on any atom is 0.193 e. The van der Waals surface area contributed by atoms with Crippen LogP contribution in [-0.2, 0) is 6.54 Å². The van der Waals surface area contributed by atoms with Crippen LogP contribution in [0.2, 0.25) is 0 Å². The summed E-state index contributed by atoms with van der Waals surface area (Å²) in [5, 5.41) is 7.70. The van der Waals surface area contributed by atoms with Crippen molar-refractivity contribution in [3.8, 4) is 5.69 Å². The molecule has 0 radical (unpaired) electrons. The van der Waals surface area contributed by atoms with E-state index < -0.39 is 0 Å². The van der Waals surface area contributed by atoms with Crippen molar-refractivity contribution in [1.82, 2.24) is 9.78 Å². The molecule has 0 unspecified atom stereocenters. The van der Waals surface area contributed by atoms with Crippen molar-refractivity contribution in [3.63, 3.8) is 0 Å². The van der Waals surface area contributed by atoms with E-state index in [1.807, 2.05) is 61.9 Å². The van der Waals surface area contributed by atoms with Crippen molar-refractivity contribution in [3.05, 3.63) is 77.1 Å². The van der Waals surface area contributed by atoms with E-state index in [9.17, 15) is 0 Å². The van der Waals surface area contributed by atoms with E-state index in [1.165, 1.54) is 5.56 Å². The highest BCUT2D eigenvalue weighted by atomic mass is 15.3. The summed E-state index contributed by atoms with van der Waals surface area (Å²) in [6, 6.07) is 18.2. The Balaban J connectivity index is 1.80. The predicted octanol–water partition coefficient (Wildman–Crippen LogP) is 3.72. The number of anilines is 1. The van der Waals surface area contributed by atoms with Crippen molar-refractivity contribution in [2.75, 3.05) is 5.32 Å². The molecule has 3 N–H and O–H groups in total. The Kier molecular flexibility index (Phi) is 4.84. The average Bonchev–Trinajstić information content (AvgIpc) is 2.91. The van der Waals surface area contributed by atoms with Gasteiger partial charge in [0.2, 0.25) is 0 Å². The molecule has 0 spiro atoms. The average molecular weight is 333 g/mol. The largest absolute Gasteiger partial charge is 0.370 e. The molecule has 5 heteroatoms. The normalized spacial score (nSPS) is 11.6. The van der Waals surface area contributed by atoms with E-state index in [4.69, 9.17) is 5.73 Å². The van der Waals surface area contributed by atoms with Crippen LogP contribution in [0.25, 0.3) is 5.69 Å². The minimum Gasteiger partial charge on any atom is -0.370 e. The van der Waals surface area contributed by atoms with Gasteiger partial charge >= 0.3 is 0 Å². The maximum atomic E-state index is 6.04. The molecule has 0 atom stereocenters. The van der Waals surface area contributed by atoms with Crippen LogP contribution in [0.3, 0.4) is 0 Å². The highest BCUT2D eigenvalue weighted by Crippen LogP contribution is 2.18. The molecule has 0 amide bonds. The van der Waals surface area contributed by atoms with Crippen molar-refractivity contribution in [2.45, 2.75) is 27.3 Å². The van der Waals surface area contributed by atoms with Gasteiger partial charge in [-0.25, -0.2) is 9.67 Å². The molecule has 128 valence electrons. The zero-order chi connectivity index (χ0) is 17.8. The summed E-state index contributed by atoms with van der Waals surface area (Å²) in [6.07, 6.45) is 0. The number of hydrogen-bond acceptors (Lipinski definition) is 2. The van der Waals surface area contributed by atoms with Gasteiger partial charge in [-0.2, -0.15) is 5.10 Å². The summed E-state index contributed by atoms with van der Waals surface area (Å²) >= 11 is 0. The molecule has 0 aliphatic carbocycles. The van der Waals surface area contributed by atoms with Gasteiger partial charge in [-0.1, -0.05) is 30.3 Å². The van der Waals surface area contributed by atoms with Crippen molar-refractivity contribution in [1.29, 1.82) is 0 Å². The molecule has 5 nitrogen and oxygen atoms in total. The molecular weight excluding hydrogens is 310 g/mol. The molecular formula is C20H23N5. The Morgan fingerprint density at radius 3 is 2.60 bits per heavy atom. The van der Waals surface area contributed by atoms with E-state index in [0.717, 1.165) is 28.3 Å². The van der Waals surface area contributed by atoms with Crippen LogP contribution >= 0.6 is 0 Å². The summed E-state index contributed by atoms with van der Waals surface area (Å²) in [7, 11) is 0. The summed E-state index contributed by atoms with van der Waals surface area (Å²) in [5.74, 6) is 0.397. The summed E-state index contributed by atoms with van der Waals surface area (Å²) in [6.45, 7) is 6.57. The lowest BCUT2D eigenvalue weighted by atomic mass is 10.2. The quantitative estimate of drug-likeness (QED) is 0.565. The first-order valence-electron chi connectivity index (χ1n) is 8.28. The second-order valence-corrected chi connectivity index (χ2v) is 6.16. The number of nitrogens with one attached hydrogen (secondary N) is 1. The van der Waals surface area contributed by atoms with Crippen LogP contribution in [0.15, 0.2) is 59.6 Å². The van der Waals surface area contributed by atoms with Crippen LogP contribution in [0.5, 0.6) is 0 Å². The van der Waals surface area contributed by atoms with Gasteiger partial charge in [0.1, 0.15) is 0 Å². The van der Waals surface area contributed by atoms with Gasteiger partial charge in [0.15, 0.2) is 5.96 Å². The lowest BCUT2D eigenvalue weighted by Gasteiger charge is -2.10. The first kappa shape index (κ1) is 16.8. The van der Waals surface area contributed by atoms with E-state index in [2.05, 4.69) is 33.6 Å². The van der Waals surface area contributed by atoms with Crippen LogP contribution in [0, 0.1) is 20.8 Å². The van der Waals surface area contributed by atoms with Gasteiger partial charge in [-0.3, -0.25) is 0 Å². The second kappa shape index (κ2) is 7.21. The molecule has 0 fully saturated rings. The van der Waals surface area contributed by atoms with Crippen molar-refractivity contribution < 1.29 is 0 Å². The predicted molar refractivity (Wildman–Crippen MR) is 103 cm³/mol. The Labute approximate surface area is 148 Å². The third kappa shape index (κ3) is 4.07. The molecule has 1 aromatic heterocycles. The van der Waals surface area contributed by atoms with Gasteiger partial charge in [0, 0.05) is 11.4 Å². The highest BCUT2D eigenvalue weighted by molar-refractivity contribution is 5.92. The first-order valence-corrected chi connectivity index (χ1v) is 8.28. The first-order chi connectivity index (χ1) is 12.0. The lowest BCUT2D eigenvalue weighted by molar-refractivity contribution is 0.818. The molecule has 25 heavy (non-hydrogen) atoms. The summed E-state index contributed by atoms with van der Waals surface area (Å²) in [4.78, 5) is 4.48. The van der Waals surface area contributed by atoms with Gasteiger partial charge < -0.3 is 11.1 Å².